The van der Waals surface area contributed by atoms with Gasteiger partial charge in [-0.2, -0.15) is 0 Å². The first-order valence-corrected chi connectivity index (χ1v) is 12.4. The maximum Gasteiger partial charge on any atom is 0.325 e. The van der Waals surface area contributed by atoms with E-state index in [1.807, 2.05) is 19.1 Å². The van der Waals surface area contributed by atoms with Gasteiger partial charge in [0.1, 0.15) is 25.5 Å². The van der Waals surface area contributed by atoms with E-state index in [2.05, 4.69) is 37.6 Å². The van der Waals surface area contributed by atoms with Gasteiger partial charge in [-0.3, -0.25) is 19.3 Å². The molecule has 0 saturated carbocycles. The molecular weight excluding hydrogens is 482 g/mol. The molecule has 2 amide bonds. The fourth-order valence-corrected chi connectivity index (χ4v) is 4.18. The molecule has 2 aromatic rings. The first-order valence-electron chi connectivity index (χ1n) is 11.6. The summed E-state index contributed by atoms with van der Waals surface area (Å²) in [5, 5.41) is -0.519. The Morgan fingerprint density at radius 3 is 2.31 bits per heavy atom. The molecule has 2 aromatic carbocycles. The molecule has 1 aliphatic rings. The topological polar surface area (TPSA) is 91.4 Å². The summed E-state index contributed by atoms with van der Waals surface area (Å²) in [6.07, 6.45) is 1.58. The molecule has 192 valence electrons. The number of hydrogen-bond donors (Lipinski definition) is 0. The van der Waals surface area contributed by atoms with Crippen LogP contribution in [0.25, 0.3) is 6.08 Å². The van der Waals surface area contributed by atoms with E-state index in [0.717, 1.165) is 22.4 Å². The van der Waals surface area contributed by atoms with Crippen molar-refractivity contribution in [3.8, 4) is 17.2 Å². The van der Waals surface area contributed by atoms with E-state index in [0.29, 0.717) is 36.9 Å². The molecule has 1 saturated heterocycles. The molecule has 0 bridgehead atoms. The van der Waals surface area contributed by atoms with Crippen molar-refractivity contribution in [2.24, 2.45) is 0 Å². The number of benzene rings is 2. The zero-order chi connectivity index (χ0) is 26.3. The van der Waals surface area contributed by atoms with E-state index in [1.165, 1.54) is 12.7 Å². The maximum absolute atomic E-state index is 12.5. The van der Waals surface area contributed by atoms with Gasteiger partial charge in [0, 0.05) is 0 Å². The van der Waals surface area contributed by atoms with Crippen LogP contribution in [0.15, 0.2) is 47.4 Å². The normalized spacial score (nSPS) is 14.8. The van der Waals surface area contributed by atoms with E-state index >= 15 is 0 Å². The summed E-state index contributed by atoms with van der Waals surface area (Å²) in [4.78, 5) is 37.2. The third kappa shape index (κ3) is 7.04. The number of esters is 1. The molecule has 0 radical (unpaired) electrons. The van der Waals surface area contributed by atoms with Crippen molar-refractivity contribution in [2.75, 3.05) is 33.5 Å². The van der Waals surface area contributed by atoms with Crippen LogP contribution in [0.4, 0.5) is 4.79 Å². The molecule has 1 aliphatic heterocycles. The minimum atomic E-state index is -0.662. The average molecular weight is 514 g/mol. The van der Waals surface area contributed by atoms with Crippen molar-refractivity contribution in [3.05, 3.63) is 58.5 Å². The number of rotatable bonds is 10. The van der Waals surface area contributed by atoms with Gasteiger partial charge in [0.25, 0.3) is 11.1 Å². The molecule has 0 aliphatic carbocycles. The molecule has 0 N–H and O–H groups in total. The summed E-state index contributed by atoms with van der Waals surface area (Å²) in [5.41, 5.74) is 1.98. The van der Waals surface area contributed by atoms with E-state index in [1.54, 1.807) is 24.3 Å². The third-order valence-electron chi connectivity index (χ3n) is 5.28. The summed E-state index contributed by atoms with van der Waals surface area (Å²) < 4.78 is 21.9. The molecule has 3 rings (SSSR count). The number of nitrogens with zero attached hydrogens (tertiary/aromatic N) is 1. The van der Waals surface area contributed by atoms with Gasteiger partial charge in [-0.1, -0.05) is 39.0 Å². The van der Waals surface area contributed by atoms with Crippen LogP contribution in [0.2, 0.25) is 0 Å². The minimum Gasteiger partial charge on any atom is -0.490 e. The van der Waals surface area contributed by atoms with Gasteiger partial charge in [-0.25, -0.2) is 0 Å². The maximum atomic E-state index is 12.5. The first-order chi connectivity index (χ1) is 17.1. The van der Waals surface area contributed by atoms with Crippen LogP contribution in [0.1, 0.15) is 38.8 Å². The number of amides is 2. The molecule has 36 heavy (non-hydrogen) atoms. The van der Waals surface area contributed by atoms with E-state index in [4.69, 9.17) is 14.2 Å². The van der Waals surface area contributed by atoms with E-state index < -0.39 is 23.7 Å². The molecule has 0 aromatic heterocycles. The van der Waals surface area contributed by atoms with Crippen LogP contribution in [0, 0.1) is 0 Å². The predicted molar refractivity (Wildman–Crippen MR) is 138 cm³/mol. The number of imide groups is 1. The molecule has 1 fully saturated rings. The highest BCUT2D eigenvalue weighted by atomic mass is 32.2. The number of methoxy groups -OCH3 is 1. The van der Waals surface area contributed by atoms with Gasteiger partial charge >= 0.3 is 5.97 Å². The lowest BCUT2D eigenvalue weighted by Crippen LogP contribution is -2.34. The quantitative estimate of drug-likeness (QED) is 0.248. The molecule has 0 spiro atoms. The lowest BCUT2D eigenvalue weighted by atomic mass is 9.87. The second-order valence-electron chi connectivity index (χ2n) is 8.95. The van der Waals surface area contributed by atoms with Crippen molar-refractivity contribution in [1.82, 2.24) is 4.90 Å². The molecule has 8 nitrogen and oxygen atoms in total. The number of ether oxygens (including phenoxy) is 4. The van der Waals surface area contributed by atoms with Gasteiger partial charge < -0.3 is 18.9 Å². The lowest BCUT2D eigenvalue weighted by molar-refractivity contribution is -0.143. The highest BCUT2D eigenvalue weighted by Gasteiger charge is 2.36. The second kappa shape index (κ2) is 12.0. The number of hydrogen-bond acceptors (Lipinski definition) is 8. The van der Waals surface area contributed by atoms with Gasteiger partial charge in [-0.05, 0) is 65.6 Å². The van der Waals surface area contributed by atoms with Gasteiger partial charge in [0.15, 0.2) is 11.5 Å². The summed E-state index contributed by atoms with van der Waals surface area (Å²) in [6, 6.07) is 13.3. The number of carbonyl (C=O) groups is 3. The Morgan fingerprint density at radius 1 is 0.972 bits per heavy atom. The molecule has 0 unspecified atom stereocenters. The SMILES string of the molecule is CCOc1cc(/C=C2\SC(=O)N(CC(=O)OC)C2=O)ccc1OCCOc1ccc(C(C)(C)C)cc1. The Kier molecular flexibility index (Phi) is 9.03. The van der Waals surface area contributed by atoms with Crippen LogP contribution >= 0.6 is 11.8 Å². The third-order valence-corrected chi connectivity index (χ3v) is 6.19. The standard InChI is InChI=1S/C27H31NO7S/c1-6-33-22-15-18(16-23-25(30)28(26(31)36-23)17-24(29)32-5)7-12-21(22)35-14-13-34-20-10-8-19(9-11-20)27(2,3)4/h7-12,15-16H,6,13-14,17H2,1-5H3/b23-16-. The number of carbonyl (C=O) groups excluding carboxylic acids is 3. The zero-order valence-electron chi connectivity index (χ0n) is 21.2. The van der Waals surface area contributed by atoms with Crippen LogP contribution in [0.3, 0.4) is 0 Å². The van der Waals surface area contributed by atoms with E-state index in [-0.39, 0.29) is 10.3 Å². The summed E-state index contributed by atoms with van der Waals surface area (Å²) in [6.45, 7) is 9.03. The van der Waals surface area contributed by atoms with Crippen LogP contribution in [-0.4, -0.2) is 55.5 Å². The molecule has 1 heterocycles. The average Bonchev–Trinajstić information content (AvgIpc) is 3.10. The van der Waals surface area contributed by atoms with Crippen molar-refractivity contribution >= 4 is 35.0 Å². The Morgan fingerprint density at radius 2 is 1.67 bits per heavy atom. The van der Waals surface area contributed by atoms with Gasteiger partial charge in [0.05, 0.1) is 18.6 Å². The smallest absolute Gasteiger partial charge is 0.325 e. The second-order valence-corrected chi connectivity index (χ2v) is 9.95. The van der Waals surface area contributed by atoms with Crippen molar-refractivity contribution < 1.29 is 33.3 Å². The Labute approximate surface area is 215 Å². The lowest BCUT2D eigenvalue weighted by Gasteiger charge is -2.19. The van der Waals surface area contributed by atoms with Crippen molar-refractivity contribution in [2.45, 2.75) is 33.1 Å². The van der Waals surface area contributed by atoms with Crippen LogP contribution < -0.4 is 14.2 Å². The summed E-state index contributed by atoms with van der Waals surface area (Å²) in [7, 11) is 1.20. The highest BCUT2D eigenvalue weighted by Crippen LogP contribution is 2.34. The Bertz CT molecular complexity index is 1140. The highest BCUT2D eigenvalue weighted by molar-refractivity contribution is 8.18. The summed E-state index contributed by atoms with van der Waals surface area (Å²) >= 11 is 0.771. The van der Waals surface area contributed by atoms with Crippen LogP contribution in [0.5, 0.6) is 17.2 Å². The molecule has 9 heteroatoms. The van der Waals surface area contributed by atoms with Gasteiger partial charge in [-0.15, -0.1) is 0 Å². The zero-order valence-corrected chi connectivity index (χ0v) is 22.0. The predicted octanol–water partition coefficient (Wildman–Crippen LogP) is 5.05. The molecule has 0 atom stereocenters. The Hall–Kier alpha value is -3.46. The number of thioether (sulfide) groups is 1. The fraction of sp³-hybridized carbons (Fsp3) is 0.370. The van der Waals surface area contributed by atoms with Gasteiger partial charge in [0.2, 0.25) is 0 Å². The summed E-state index contributed by atoms with van der Waals surface area (Å²) in [5.74, 6) is 0.619. The van der Waals surface area contributed by atoms with Crippen molar-refractivity contribution in [3.63, 3.8) is 0 Å². The fourth-order valence-electron chi connectivity index (χ4n) is 3.35. The van der Waals surface area contributed by atoms with Crippen LogP contribution in [-0.2, 0) is 19.7 Å². The van der Waals surface area contributed by atoms with E-state index in [9.17, 15) is 14.4 Å². The van der Waals surface area contributed by atoms with Crippen molar-refractivity contribution in [1.29, 1.82) is 0 Å². The Balaban J connectivity index is 1.62. The first kappa shape index (κ1) is 27.1. The molecular formula is C27H31NO7S. The largest absolute Gasteiger partial charge is 0.490 e. The monoisotopic (exact) mass is 513 g/mol. The minimum absolute atomic E-state index is 0.0845.